The fourth-order valence-corrected chi connectivity index (χ4v) is 4.11. The Hall–Kier alpha value is -1.44. The average Bonchev–Trinajstić information content (AvgIpc) is 2.56. The number of halogens is 2. The maximum Gasteiger partial charge on any atom is 0.249 e. The van der Waals surface area contributed by atoms with E-state index in [2.05, 4.69) is 42.5 Å². The Kier molecular flexibility index (Phi) is 4.10. The Morgan fingerprint density at radius 1 is 1.04 bits per heavy atom. The van der Waals surface area contributed by atoms with Crippen molar-refractivity contribution in [1.82, 2.24) is 10.6 Å². The SMILES string of the molecule is O=C1COCC2=C1C(c1ccc(Br)c(Br)c1)C1=C(CCNC1=O)N2. The van der Waals surface area contributed by atoms with Gasteiger partial charge in [-0.05, 0) is 49.6 Å². The summed E-state index contributed by atoms with van der Waals surface area (Å²) >= 11 is 6.98. The van der Waals surface area contributed by atoms with E-state index in [1.165, 1.54) is 0 Å². The molecule has 3 heterocycles. The van der Waals surface area contributed by atoms with Crippen LogP contribution in [0.15, 0.2) is 49.7 Å². The molecule has 0 spiro atoms. The maximum atomic E-state index is 12.6. The number of benzene rings is 1. The van der Waals surface area contributed by atoms with Crippen molar-refractivity contribution in [3.05, 3.63) is 55.2 Å². The van der Waals surface area contributed by atoms with Gasteiger partial charge in [-0.3, -0.25) is 9.59 Å². The second-order valence-corrected chi connectivity index (χ2v) is 7.65. The number of amides is 1. The molecule has 3 aliphatic rings. The molecular weight excluding hydrogens is 440 g/mol. The molecule has 7 heteroatoms. The lowest BCUT2D eigenvalue weighted by atomic mass is 9.76. The molecule has 3 aliphatic heterocycles. The molecule has 2 N–H and O–H groups in total. The molecule has 124 valence electrons. The van der Waals surface area contributed by atoms with Crippen molar-refractivity contribution in [2.24, 2.45) is 0 Å². The van der Waals surface area contributed by atoms with Crippen LogP contribution in [0.5, 0.6) is 0 Å². The summed E-state index contributed by atoms with van der Waals surface area (Å²) in [6, 6.07) is 5.83. The van der Waals surface area contributed by atoms with Gasteiger partial charge in [-0.15, -0.1) is 0 Å². The zero-order chi connectivity index (χ0) is 16.8. The van der Waals surface area contributed by atoms with E-state index >= 15 is 0 Å². The number of ether oxygens (including phenoxy) is 1. The first-order valence-electron chi connectivity index (χ1n) is 7.63. The lowest BCUT2D eigenvalue weighted by molar-refractivity contribution is -0.121. The van der Waals surface area contributed by atoms with Crippen LogP contribution in [0.25, 0.3) is 0 Å². The topological polar surface area (TPSA) is 67.4 Å². The smallest absolute Gasteiger partial charge is 0.249 e. The van der Waals surface area contributed by atoms with Gasteiger partial charge in [-0.1, -0.05) is 6.07 Å². The first kappa shape index (κ1) is 16.1. The molecule has 1 aromatic carbocycles. The van der Waals surface area contributed by atoms with Gasteiger partial charge in [0, 0.05) is 50.4 Å². The van der Waals surface area contributed by atoms with E-state index in [-0.39, 0.29) is 24.2 Å². The summed E-state index contributed by atoms with van der Waals surface area (Å²) in [5.41, 5.74) is 3.87. The molecule has 24 heavy (non-hydrogen) atoms. The van der Waals surface area contributed by atoms with Crippen molar-refractivity contribution in [2.45, 2.75) is 12.3 Å². The van der Waals surface area contributed by atoms with E-state index in [1.807, 2.05) is 18.2 Å². The summed E-state index contributed by atoms with van der Waals surface area (Å²) in [5, 5.41) is 6.17. The molecule has 4 rings (SSSR count). The Balaban J connectivity index is 1.92. The second-order valence-electron chi connectivity index (χ2n) is 5.94. The van der Waals surface area contributed by atoms with Crippen molar-refractivity contribution in [2.75, 3.05) is 19.8 Å². The monoisotopic (exact) mass is 452 g/mol. The fraction of sp³-hybridized carbons (Fsp3) is 0.294. The Morgan fingerprint density at radius 3 is 2.67 bits per heavy atom. The molecule has 1 unspecified atom stereocenters. The zero-order valence-electron chi connectivity index (χ0n) is 12.6. The van der Waals surface area contributed by atoms with Gasteiger partial charge in [0.05, 0.1) is 6.61 Å². The highest BCUT2D eigenvalue weighted by Gasteiger charge is 2.40. The third-order valence-corrected chi connectivity index (χ3v) is 6.37. The summed E-state index contributed by atoms with van der Waals surface area (Å²) in [6.07, 6.45) is 0.722. The lowest BCUT2D eigenvalue weighted by Gasteiger charge is -2.37. The number of dihydropyridines is 1. The molecule has 0 fully saturated rings. The van der Waals surface area contributed by atoms with Crippen LogP contribution in [0, 0.1) is 0 Å². The lowest BCUT2D eigenvalue weighted by Crippen LogP contribution is -2.44. The van der Waals surface area contributed by atoms with Crippen LogP contribution >= 0.6 is 31.9 Å². The van der Waals surface area contributed by atoms with Crippen molar-refractivity contribution < 1.29 is 14.3 Å². The van der Waals surface area contributed by atoms with E-state index in [9.17, 15) is 9.59 Å². The van der Waals surface area contributed by atoms with E-state index in [1.54, 1.807) is 0 Å². The summed E-state index contributed by atoms with van der Waals surface area (Å²) in [7, 11) is 0. The summed E-state index contributed by atoms with van der Waals surface area (Å²) in [6.45, 7) is 1.02. The first-order valence-corrected chi connectivity index (χ1v) is 9.22. The summed E-state index contributed by atoms with van der Waals surface area (Å²) in [4.78, 5) is 25.1. The molecule has 0 aliphatic carbocycles. The number of nitrogens with one attached hydrogen (secondary N) is 2. The van der Waals surface area contributed by atoms with Crippen LogP contribution in [-0.4, -0.2) is 31.4 Å². The highest BCUT2D eigenvalue weighted by molar-refractivity contribution is 9.13. The van der Waals surface area contributed by atoms with Crippen molar-refractivity contribution in [3.63, 3.8) is 0 Å². The number of ketones is 1. The van der Waals surface area contributed by atoms with Crippen LogP contribution in [0.1, 0.15) is 17.9 Å². The standard InChI is InChI=1S/C17H14Br2N2O3/c18-9-2-1-8(5-10(9)19)14-15-12(6-24-7-13(15)22)21-11-3-4-20-17(23)16(11)14/h1-2,5,14,21H,3-4,6-7H2,(H,20,23). The Morgan fingerprint density at radius 2 is 1.88 bits per heavy atom. The molecule has 0 saturated heterocycles. The highest BCUT2D eigenvalue weighted by Crippen LogP contribution is 2.42. The van der Waals surface area contributed by atoms with Crippen LogP contribution in [-0.2, 0) is 14.3 Å². The first-order chi connectivity index (χ1) is 11.6. The number of carbonyl (C=O) groups excluding carboxylic acids is 2. The Bertz CT molecular complexity index is 787. The molecule has 0 bridgehead atoms. The average molecular weight is 454 g/mol. The largest absolute Gasteiger partial charge is 0.367 e. The van der Waals surface area contributed by atoms with Gasteiger partial charge in [-0.2, -0.15) is 0 Å². The van der Waals surface area contributed by atoms with E-state index in [0.717, 1.165) is 32.3 Å². The Labute approximate surface area is 155 Å². The van der Waals surface area contributed by atoms with Crippen molar-refractivity contribution in [1.29, 1.82) is 0 Å². The number of rotatable bonds is 1. The van der Waals surface area contributed by atoms with E-state index in [4.69, 9.17) is 4.74 Å². The maximum absolute atomic E-state index is 12.6. The molecule has 1 aromatic rings. The normalized spacial score (nSPS) is 23.5. The number of Topliss-reactive ketones (excluding diaryl/α,β-unsaturated/α-hetero) is 1. The zero-order valence-corrected chi connectivity index (χ0v) is 15.8. The highest BCUT2D eigenvalue weighted by atomic mass is 79.9. The van der Waals surface area contributed by atoms with Crippen LogP contribution in [0.2, 0.25) is 0 Å². The van der Waals surface area contributed by atoms with Crippen LogP contribution < -0.4 is 10.6 Å². The van der Waals surface area contributed by atoms with Gasteiger partial charge >= 0.3 is 0 Å². The van der Waals surface area contributed by atoms with Gasteiger partial charge in [0.15, 0.2) is 5.78 Å². The van der Waals surface area contributed by atoms with Gasteiger partial charge in [-0.25, -0.2) is 0 Å². The molecule has 0 radical (unpaired) electrons. The van der Waals surface area contributed by atoms with Gasteiger partial charge < -0.3 is 15.4 Å². The van der Waals surface area contributed by atoms with Gasteiger partial charge in [0.25, 0.3) is 0 Å². The molecule has 1 atom stereocenters. The number of carbonyl (C=O) groups is 2. The van der Waals surface area contributed by atoms with E-state index < -0.39 is 0 Å². The van der Waals surface area contributed by atoms with Gasteiger partial charge in [0.2, 0.25) is 5.91 Å². The number of hydrogen-bond acceptors (Lipinski definition) is 4. The predicted octanol–water partition coefficient (Wildman–Crippen LogP) is 2.53. The van der Waals surface area contributed by atoms with Crippen molar-refractivity contribution >= 4 is 43.6 Å². The van der Waals surface area contributed by atoms with Crippen LogP contribution in [0.4, 0.5) is 0 Å². The minimum Gasteiger partial charge on any atom is -0.367 e. The summed E-state index contributed by atoms with van der Waals surface area (Å²) < 4.78 is 7.19. The van der Waals surface area contributed by atoms with Gasteiger partial charge in [0.1, 0.15) is 6.61 Å². The molecule has 1 amide bonds. The van der Waals surface area contributed by atoms with Crippen molar-refractivity contribution in [3.8, 4) is 0 Å². The minimum absolute atomic E-state index is 0.0545. The summed E-state index contributed by atoms with van der Waals surface area (Å²) in [5.74, 6) is -0.548. The number of hydrogen-bond donors (Lipinski definition) is 2. The third-order valence-electron chi connectivity index (χ3n) is 4.49. The molecule has 0 aromatic heterocycles. The minimum atomic E-state index is -0.364. The predicted molar refractivity (Wildman–Crippen MR) is 95.2 cm³/mol. The second kappa shape index (κ2) is 6.13. The third kappa shape index (κ3) is 2.55. The fourth-order valence-electron chi connectivity index (χ4n) is 3.46. The van der Waals surface area contributed by atoms with Crippen LogP contribution in [0.3, 0.4) is 0 Å². The molecule has 0 saturated carbocycles. The molecule has 5 nitrogen and oxygen atoms in total. The quantitative estimate of drug-likeness (QED) is 0.685. The molecular formula is C17H14Br2N2O3. The van der Waals surface area contributed by atoms with E-state index in [0.29, 0.717) is 24.3 Å².